The van der Waals surface area contributed by atoms with Gasteiger partial charge in [-0.05, 0) is 29.2 Å². The molecule has 1 heterocycles. The maximum Gasteiger partial charge on any atom is 0.254 e. The average molecular weight is 308 g/mol. The number of para-hydroxylation sites is 1. The quantitative estimate of drug-likeness (QED) is 0.706. The topological polar surface area (TPSA) is 48.2 Å². The minimum absolute atomic E-state index is 0.0145. The molecule has 0 aliphatic heterocycles. The third kappa shape index (κ3) is 3.59. The molecule has 0 N–H and O–H groups in total. The van der Waals surface area contributed by atoms with Gasteiger partial charge in [-0.3, -0.25) is 0 Å². The van der Waals surface area contributed by atoms with Gasteiger partial charge in [0.15, 0.2) is 6.61 Å². The van der Waals surface area contributed by atoms with E-state index in [4.69, 9.17) is 9.15 Å². The normalized spacial score (nSPS) is 11.4. The highest BCUT2D eigenvalue weighted by molar-refractivity contribution is 5.51. The lowest BCUT2D eigenvalue weighted by atomic mass is 9.86. The summed E-state index contributed by atoms with van der Waals surface area (Å²) in [6.45, 7) is 6.74. The van der Waals surface area contributed by atoms with E-state index in [-0.39, 0.29) is 12.0 Å². The minimum atomic E-state index is 0.0145. The number of nitrogens with zero attached hydrogens (tertiary/aromatic N) is 2. The van der Waals surface area contributed by atoms with Crippen LogP contribution in [0, 0.1) is 0 Å². The molecule has 0 saturated carbocycles. The lowest BCUT2D eigenvalue weighted by molar-refractivity contribution is 0.258. The van der Waals surface area contributed by atoms with Crippen LogP contribution in [0.3, 0.4) is 0 Å². The molecule has 1 aromatic heterocycles. The Kier molecular flexibility index (Phi) is 4.15. The van der Waals surface area contributed by atoms with E-state index < -0.39 is 0 Å². The molecule has 0 aliphatic carbocycles. The highest BCUT2D eigenvalue weighted by Gasteiger charge is 2.19. The average Bonchev–Trinajstić information content (AvgIpc) is 3.02. The van der Waals surface area contributed by atoms with E-state index in [0.717, 1.165) is 16.9 Å². The molecule has 0 aliphatic rings. The first-order valence-corrected chi connectivity index (χ1v) is 7.64. The van der Waals surface area contributed by atoms with Crippen molar-refractivity contribution < 1.29 is 9.15 Å². The van der Waals surface area contributed by atoms with Gasteiger partial charge in [0.1, 0.15) is 5.75 Å². The van der Waals surface area contributed by atoms with Crippen LogP contribution in [0.4, 0.5) is 0 Å². The molecular formula is C19H20N2O2. The zero-order chi connectivity index (χ0) is 16.3. The van der Waals surface area contributed by atoms with Crippen LogP contribution < -0.4 is 4.74 Å². The maximum atomic E-state index is 5.90. The summed E-state index contributed by atoms with van der Waals surface area (Å²) in [5.41, 5.74) is 2.07. The third-order valence-corrected chi connectivity index (χ3v) is 3.53. The first-order valence-electron chi connectivity index (χ1n) is 7.64. The molecule has 0 fully saturated rings. The van der Waals surface area contributed by atoms with Crippen LogP contribution in [0.5, 0.6) is 5.75 Å². The largest absolute Gasteiger partial charge is 0.484 e. The highest BCUT2D eigenvalue weighted by Crippen LogP contribution is 2.31. The number of hydrogen-bond acceptors (Lipinski definition) is 4. The second-order valence-corrected chi connectivity index (χ2v) is 6.40. The fourth-order valence-electron chi connectivity index (χ4n) is 2.36. The van der Waals surface area contributed by atoms with E-state index in [0.29, 0.717) is 11.8 Å². The number of benzene rings is 2. The Hall–Kier alpha value is -2.62. The number of ether oxygens (including phenoxy) is 1. The second kappa shape index (κ2) is 6.24. The summed E-state index contributed by atoms with van der Waals surface area (Å²) < 4.78 is 11.6. The van der Waals surface area contributed by atoms with Gasteiger partial charge in [-0.1, -0.05) is 57.2 Å². The summed E-state index contributed by atoms with van der Waals surface area (Å²) in [6, 6.07) is 17.7. The van der Waals surface area contributed by atoms with Gasteiger partial charge < -0.3 is 9.15 Å². The lowest BCUT2D eigenvalue weighted by Crippen LogP contribution is -2.13. The van der Waals surface area contributed by atoms with Gasteiger partial charge in [-0.25, -0.2) is 0 Å². The van der Waals surface area contributed by atoms with Gasteiger partial charge in [0.05, 0.1) is 0 Å². The Morgan fingerprint density at radius 3 is 2.35 bits per heavy atom. The highest BCUT2D eigenvalue weighted by atomic mass is 16.5. The molecular weight excluding hydrogens is 288 g/mol. The molecule has 0 amide bonds. The summed E-state index contributed by atoms with van der Waals surface area (Å²) in [6.07, 6.45) is 0. The first-order chi connectivity index (χ1) is 11.0. The summed E-state index contributed by atoms with van der Waals surface area (Å²) in [7, 11) is 0. The fourth-order valence-corrected chi connectivity index (χ4v) is 2.36. The Morgan fingerprint density at radius 1 is 0.913 bits per heavy atom. The molecule has 0 unspecified atom stereocenters. The van der Waals surface area contributed by atoms with Gasteiger partial charge in [-0.2, -0.15) is 0 Å². The molecule has 0 saturated heterocycles. The van der Waals surface area contributed by atoms with Gasteiger partial charge in [0.2, 0.25) is 5.89 Å². The van der Waals surface area contributed by atoms with Gasteiger partial charge in [-0.15, -0.1) is 10.2 Å². The predicted molar refractivity (Wildman–Crippen MR) is 89.2 cm³/mol. The van der Waals surface area contributed by atoms with Crippen molar-refractivity contribution in [3.05, 3.63) is 66.1 Å². The van der Waals surface area contributed by atoms with Crippen molar-refractivity contribution in [3.8, 4) is 17.2 Å². The zero-order valence-corrected chi connectivity index (χ0v) is 13.6. The molecule has 0 atom stereocenters. The molecule has 2 aromatic carbocycles. The summed E-state index contributed by atoms with van der Waals surface area (Å²) in [5.74, 6) is 1.82. The monoisotopic (exact) mass is 308 g/mol. The molecule has 0 bridgehead atoms. The third-order valence-electron chi connectivity index (χ3n) is 3.53. The van der Waals surface area contributed by atoms with E-state index in [1.54, 1.807) is 0 Å². The van der Waals surface area contributed by atoms with Crippen LogP contribution in [-0.4, -0.2) is 10.2 Å². The number of rotatable bonds is 4. The van der Waals surface area contributed by atoms with Crippen LogP contribution in [0.2, 0.25) is 0 Å². The molecule has 0 radical (unpaired) electrons. The standard InChI is InChI=1S/C19H20N2O2/c1-19(2,3)15-11-7-8-12-16(15)22-13-17-20-21-18(23-17)14-9-5-4-6-10-14/h4-12H,13H2,1-3H3. The molecule has 4 heteroatoms. The SMILES string of the molecule is CC(C)(C)c1ccccc1OCc1nnc(-c2ccccc2)o1. The first kappa shape index (κ1) is 15.3. The van der Waals surface area contributed by atoms with Crippen LogP contribution in [0.25, 0.3) is 11.5 Å². The van der Waals surface area contributed by atoms with Crippen molar-refractivity contribution in [1.82, 2.24) is 10.2 Å². The van der Waals surface area contributed by atoms with Crippen molar-refractivity contribution in [1.29, 1.82) is 0 Å². The predicted octanol–water partition coefficient (Wildman–Crippen LogP) is 4.61. The zero-order valence-electron chi connectivity index (χ0n) is 13.6. The van der Waals surface area contributed by atoms with Gasteiger partial charge in [0, 0.05) is 5.56 Å². The van der Waals surface area contributed by atoms with Gasteiger partial charge >= 0.3 is 0 Å². The van der Waals surface area contributed by atoms with Crippen LogP contribution in [0.1, 0.15) is 32.2 Å². The maximum absolute atomic E-state index is 5.90. The summed E-state index contributed by atoms with van der Waals surface area (Å²) in [4.78, 5) is 0. The van der Waals surface area contributed by atoms with E-state index in [1.165, 1.54) is 0 Å². The Balaban J connectivity index is 1.74. The fraction of sp³-hybridized carbons (Fsp3) is 0.263. The van der Waals surface area contributed by atoms with Crippen LogP contribution in [-0.2, 0) is 12.0 Å². The lowest BCUT2D eigenvalue weighted by Gasteiger charge is -2.22. The van der Waals surface area contributed by atoms with E-state index in [9.17, 15) is 0 Å². The van der Waals surface area contributed by atoms with Crippen molar-refractivity contribution in [2.45, 2.75) is 32.8 Å². The Bertz CT molecular complexity index is 773. The number of aromatic nitrogens is 2. The molecule has 4 nitrogen and oxygen atoms in total. The van der Waals surface area contributed by atoms with Crippen LogP contribution in [0.15, 0.2) is 59.0 Å². The van der Waals surface area contributed by atoms with E-state index >= 15 is 0 Å². The molecule has 3 rings (SSSR count). The molecule has 23 heavy (non-hydrogen) atoms. The van der Waals surface area contributed by atoms with Gasteiger partial charge in [0.25, 0.3) is 5.89 Å². The van der Waals surface area contributed by atoms with E-state index in [2.05, 4.69) is 37.0 Å². The summed E-state index contributed by atoms with van der Waals surface area (Å²) >= 11 is 0. The molecule has 3 aromatic rings. The van der Waals surface area contributed by atoms with Crippen molar-refractivity contribution >= 4 is 0 Å². The van der Waals surface area contributed by atoms with Crippen molar-refractivity contribution in [2.75, 3.05) is 0 Å². The Morgan fingerprint density at radius 2 is 1.61 bits per heavy atom. The summed E-state index contributed by atoms with van der Waals surface area (Å²) in [5, 5.41) is 8.13. The number of hydrogen-bond donors (Lipinski definition) is 0. The van der Waals surface area contributed by atoms with Crippen LogP contribution >= 0.6 is 0 Å². The smallest absolute Gasteiger partial charge is 0.254 e. The minimum Gasteiger partial charge on any atom is -0.484 e. The molecule has 0 spiro atoms. The Labute approximate surface area is 136 Å². The second-order valence-electron chi connectivity index (χ2n) is 6.40. The van der Waals surface area contributed by atoms with Crippen molar-refractivity contribution in [2.24, 2.45) is 0 Å². The van der Waals surface area contributed by atoms with E-state index in [1.807, 2.05) is 48.5 Å². The van der Waals surface area contributed by atoms with Crippen molar-refractivity contribution in [3.63, 3.8) is 0 Å². The molecule has 118 valence electrons.